The number of fused-ring (bicyclic) bond motifs is 1. The number of hydrogen-bond donors (Lipinski definition) is 3. The molecule has 0 unspecified atom stereocenters. The average Bonchev–Trinajstić information content (AvgIpc) is 2.64. The number of rotatable bonds is 9. The molecule has 0 atom stereocenters. The molecule has 0 aromatic heterocycles. The minimum Gasteiger partial charge on any atom is -0.383 e. The second-order valence-corrected chi connectivity index (χ2v) is 6.01. The van der Waals surface area contributed by atoms with Crippen LogP contribution < -0.4 is 16.0 Å². The van der Waals surface area contributed by atoms with E-state index in [-0.39, 0.29) is 18.4 Å². The molecule has 25 heavy (non-hydrogen) atoms. The molecule has 0 spiro atoms. The summed E-state index contributed by atoms with van der Waals surface area (Å²) in [6, 6.07) is 8.08. The molecule has 1 aromatic rings. The fourth-order valence-electron chi connectivity index (χ4n) is 2.74. The van der Waals surface area contributed by atoms with Crippen LogP contribution in [0.15, 0.2) is 24.3 Å². The molecule has 1 aromatic carbocycles. The van der Waals surface area contributed by atoms with Crippen molar-refractivity contribution in [1.29, 1.82) is 0 Å². The van der Waals surface area contributed by atoms with Gasteiger partial charge in [0.25, 0.3) is 0 Å². The molecular weight excluding hydrogens is 320 g/mol. The molecule has 0 saturated heterocycles. The van der Waals surface area contributed by atoms with Crippen molar-refractivity contribution < 1.29 is 14.3 Å². The van der Waals surface area contributed by atoms with Crippen molar-refractivity contribution in [2.24, 2.45) is 0 Å². The quantitative estimate of drug-likeness (QED) is 0.568. The lowest BCUT2D eigenvalue weighted by Crippen LogP contribution is -2.44. The number of methoxy groups -OCH3 is 1. The van der Waals surface area contributed by atoms with Crippen LogP contribution in [0, 0.1) is 0 Å². The van der Waals surface area contributed by atoms with Crippen molar-refractivity contribution in [3.63, 3.8) is 0 Å². The first-order valence-electron chi connectivity index (χ1n) is 8.76. The minimum atomic E-state index is -0.108. The fourth-order valence-corrected chi connectivity index (χ4v) is 2.74. The van der Waals surface area contributed by atoms with Gasteiger partial charge in [-0.1, -0.05) is 24.3 Å². The minimum absolute atomic E-state index is 0.0576. The van der Waals surface area contributed by atoms with Gasteiger partial charge in [-0.25, -0.2) is 4.79 Å². The molecule has 0 saturated carbocycles. The lowest BCUT2D eigenvalue weighted by molar-refractivity contribution is -0.120. The molecule has 0 aliphatic carbocycles. The third-order valence-electron chi connectivity index (χ3n) is 4.15. The van der Waals surface area contributed by atoms with Crippen LogP contribution in [0.1, 0.15) is 17.5 Å². The largest absolute Gasteiger partial charge is 0.383 e. The summed E-state index contributed by atoms with van der Waals surface area (Å²) >= 11 is 0. The van der Waals surface area contributed by atoms with Crippen LogP contribution in [0.2, 0.25) is 0 Å². The zero-order valence-corrected chi connectivity index (χ0v) is 14.8. The van der Waals surface area contributed by atoms with Gasteiger partial charge in [-0.05, 0) is 17.5 Å². The van der Waals surface area contributed by atoms with Crippen molar-refractivity contribution in [2.75, 3.05) is 46.4 Å². The number of amides is 3. The van der Waals surface area contributed by atoms with Crippen molar-refractivity contribution in [3.05, 3.63) is 35.4 Å². The highest BCUT2D eigenvalue weighted by molar-refractivity contribution is 5.78. The normalized spacial score (nSPS) is 13.2. The number of nitrogens with one attached hydrogen (secondary N) is 3. The van der Waals surface area contributed by atoms with Gasteiger partial charge >= 0.3 is 6.03 Å². The molecule has 0 radical (unpaired) electrons. The van der Waals surface area contributed by atoms with E-state index >= 15 is 0 Å². The van der Waals surface area contributed by atoms with Crippen molar-refractivity contribution in [3.8, 4) is 0 Å². The van der Waals surface area contributed by atoms with Crippen LogP contribution in [-0.2, 0) is 22.5 Å². The Kier molecular flexibility index (Phi) is 8.21. The lowest BCUT2D eigenvalue weighted by atomic mass is 10.0. The smallest absolute Gasteiger partial charge is 0.317 e. The molecule has 7 heteroatoms. The van der Waals surface area contributed by atoms with E-state index in [9.17, 15) is 9.59 Å². The van der Waals surface area contributed by atoms with Crippen LogP contribution in [0.25, 0.3) is 0 Å². The molecule has 138 valence electrons. The summed E-state index contributed by atoms with van der Waals surface area (Å²) in [5.74, 6) is -0.0576. The maximum atomic E-state index is 12.2. The van der Waals surface area contributed by atoms with Gasteiger partial charge in [0.1, 0.15) is 0 Å². The number of benzene rings is 1. The lowest BCUT2D eigenvalue weighted by Gasteiger charge is -2.28. The van der Waals surface area contributed by atoms with Crippen LogP contribution >= 0.6 is 0 Å². The van der Waals surface area contributed by atoms with Gasteiger partial charge in [-0.15, -0.1) is 0 Å². The molecule has 3 N–H and O–H groups in total. The highest BCUT2D eigenvalue weighted by atomic mass is 16.5. The summed E-state index contributed by atoms with van der Waals surface area (Å²) in [7, 11) is 1.65. The van der Waals surface area contributed by atoms with E-state index < -0.39 is 0 Å². The maximum Gasteiger partial charge on any atom is 0.317 e. The highest BCUT2D eigenvalue weighted by Crippen LogP contribution is 2.18. The van der Waals surface area contributed by atoms with Crippen molar-refractivity contribution in [2.45, 2.75) is 19.4 Å². The standard InChI is InChI=1S/C18H28N4O3/c1-25-13-11-19-9-10-20-17(23)6-8-21-18(24)22-12-7-15-4-2-3-5-16(15)14-22/h2-5,19H,6-14H2,1H3,(H,20,23)(H,21,24). The number of ether oxygens (including phenoxy) is 1. The fraction of sp³-hybridized carbons (Fsp3) is 0.556. The zero-order chi connectivity index (χ0) is 17.9. The average molecular weight is 348 g/mol. The van der Waals surface area contributed by atoms with E-state index in [4.69, 9.17) is 4.74 Å². The van der Waals surface area contributed by atoms with E-state index in [1.165, 1.54) is 11.1 Å². The molecular formula is C18H28N4O3. The number of urea groups is 1. The first-order chi connectivity index (χ1) is 12.2. The molecule has 2 rings (SSSR count). The monoisotopic (exact) mass is 348 g/mol. The Morgan fingerprint density at radius 3 is 2.68 bits per heavy atom. The van der Waals surface area contributed by atoms with Gasteiger partial charge in [0, 0.05) is 52.8 Å². The number of hydrogen-bond acceptors (Lipinski definition) is 4. The highest BCUT2D eigenvalue weighted by Gasteiger charge is 2.19. The predicted molar refractivity (Wildman–Crippen MR) is 96.3 cm³/mol. The predicted octanol–water partition coefficient (Wildman–Crippen LogP) is 0.497. The summed E-state index contributed by atoms with van der Waals surface area (Å²) < 4.78 is 4.92. The Morgan fingerprint density at radius 2 is 1.88 bits per heavy atom. The molecule has 0 bridgehead atoms. The number of nitrogens with zero attached hydrogens (tertiary/aromatic N) is 1. The van der Waals surface area contributed by atoms with Crippen LogP contribution in [0.5, 0.6) is 0 Å². The second kappa shape index (κ2) is 10.7. The first kappa shape index (κ1) is 19.2. The van der Waals surface area contributed by atoms with Crippen molar-refractivity contribution in [1.82, 2.24) is 20.9 Å². The van der Waals surface area contributed by atoms with Gasteiger partial charge in [-0.3, -0.25) is 4.79 Å². The topological polar surface area (TPSA) is 82.7 Å². The van der Waals surface area contributed by atoms with Crippen LogP contribution in [0.4, 0.5) is 4.79 Å². The summed E-state index contributed by atoms with van der Waals surface area (Å²) in [6.07, 6.45) is 1.16. The summed E-state index contributed by atoms with van der Waals surface area (Å²) in [5.41, 5.74) is 2.51. The SMILES string of the molecule is COCCNCCNC(=O)CCNC(=O)N1CCc2ccccc2C1. The summed E-state index contributed by atoms with van der Waals surface area (Å²) in [5, 5.41) is 8.80. The number of carbonyl (C=O) groups is 2. The van der Waals surface area contributed by atoms with E-state index in [2.05, 4.69) is 28.1 Å². The van der Waals surface area contributed by atoms with E-state index in [1.54, 1.807) is 12.0 Å². The number of carbonyl (C=O) groups excluding carboxylic acids is 2. The van der Waals surface area contributed by atoms with Gasteiger partial charge in [0.05, 0.1) is 6.61 Å². The molecule has 1 aliphatic rings. The van der Waals surface area contributed by atoms with Gasteiger partial charge < -0.3 is 25.6 Å². The Labute approximate surface area is 149 Å². The third-order valence-corrected chi connectivity index (χ3v) is 4.15. The van der Waals surface area contributed by atoms with Crippen LogP contribution in [0.3, 0.4) is 0 Å². The van der Waals surface area contributed by atoms with E-state index in [1.807, 2.05) is 12.1 Å². The van der Waals surface area contributed by atoms with E-state index in [0.717, 1.165) is 13.0 Å². The molecule has 7 nitrogen and oxygen atoms in total. The Bertz CT molecular complexity index is 565. The van der Waals surface area contributed by atoms with Gasteiger partial charge in [-0.2, -0.15) is 0 Å². The Balaban J connectivity index is 1.57. The Morgan fingerprint density at radius 1 is 1.08 bits per heavy atom. The molecule has 1 aliphatic heterocycles. The molecule has 0 fully saturated rings. The third kappa shape index (κ3) is 6.72. The van der Waals surface area contributed by atoms with Gasteiger partial charge in [0.2, 0.25) is 5.91 Å². The Hall–Kier alpha value is -2.12. The summed E-state index contributed by atoms with van der Waals surface area (Å²) in [6.45, 7) is 4.37. The summed E-state index contributed by atoms with van der Waals surface area (Å²) in [4.78, 5) is 25.7. The van der Waals surface area contributed by atoms with Crippen LogP contribution in [-0.4, -0.2) is 63.3 Å². The second-order valence-electron chi connectivity index (χ2n) is 6.01. The van der Waals surface area contributed by atoms with Crippen molar-refractivity contribution >= 4 is 11.9 Å². The zero-order valence-electron chi connectivity index (χ0n) is 14.8. The van der Waals surface area contributed by atoms with E-state index in [0.29, 0.717) is 39.3 Å². The molecule has 1 heterocycles. The first-order valence-corrected chi connectivity index (χ1v) is 8.76. The molecule has 3 amide bonds. The maximum absolute atomic E-state index is 12.2. The van der Waals surface area contributed by atoms with Gasteiger partial charge in [0.15, 0.2) is 0 Å².